The summed E-state index contributed by atoms with van der Waals surface area (Å²) in [5, 5.41) is 6.18. The van der Waals surface area contributed by atoms with Gasteiger partial charge in [0.05, 0.1) is 25.8 Å². The average Bonchev–Trinajstić information content (AvgIpc) is 2.83. The highest BCUT2D eigenvalue weighted by atomic mass is 35.5. The van der Waals surface area contributed by atoms with E-state index in [4.69, 9.17) is 21.1 Å². The van der Waals surface area contributed by atoms with Gasteiger partial charge in [-0.2, -0.15) is 0 Å². The zero-order valence-electron chi connectivity index (χ0n) is 18.6. The van der Waals surface area contributed by atoms with E-state index < -0.39 is 12.0 Å². The fourth-order valence-corrected chi connectivity index (χ4v) is 4.42. The third-order valence-corrected chi connectivity index (χ3v) is 6.15. The molecule has 2 aromatic carbocycles. The minimum atomic E-state index is -0.641. The van der Waals surface area contributed by atoms with E-state index in [0.717, 1.165) is 43.2 Å². The molecule has 1 saturated heterocycles. The molecule has 2 aromatic rings. The average molecular weight is 471 g/mol. The van der Waals surface area contributed by atoms with Crippen LogP contribution in [0.25, 0.3) is 0 Å². The van der Waals surface area contributed by atoms with Crippen LogP contribution in [0, 0.1) is 0 Å². The van der Waals surface area contributed by atoms with E-state index >= 15 is 0 Å². The molecule has 1 fully saturated rings. The summed E-state index contributed by atoms with van der Waals surface area (Å²) >= 11 is 6.16. The number of piperazine rings is 1. The number of nitrogens with zero attached hydrogens (tertiary/aromatic N) is 2. The molecule has 9 heteroatoms. The highest BCUT2D eigenvalue weighted by Crippen LogP contribution is 2.30. The van der Waals surface area contributed by atoms with Crippen LogP contribution in [0.5, 0.6) is 5.75 Å². The molecule has 2 N–H and O–H groups in total. The van der Waals surface area contributed by atoms with Gasteiger partial charge in [0.2, 0.25) is 0 Å². The predicted molar refractivity (Wildman–Crippen MR) is 127 cm³/mol. The number of carbonyl (C=O) groups excluding carboxylic acids is 2. The van der Waals surface area contributed by atoms with Crippen molar-refractivity contribution < 1.29 is 19.1 Å². The molecule has 0 unspecified atom stereocenters. The van der Waals surface area contributed by atoms with Gasteiger partial charge >= 0.3 is 12.0 Å². The number of carbonyl (C=O) groups is 2. The number of rotatable bonds is 6. The Bertz CT molecular complexity index is 1070. The molecule has 33 heavy (non-hydrogen) atoms. The number of methoxy groups -OCH3 is 2. The van der Waals surface area contributed by atoms with Crippen molar-refractivity contribution >= 4 is 29.3 Å². The Morgan fingerprint density at radius 3 is 2.55 bits per heavy atom. The minimum Gasteiger partial charge on any atom is -0.497 e. The largest absolute Gasteiger partial charge is 0.497 e. The van der Waals surface area contributed by atoms with Gasteiger partial charge in [-0.3, -0.25) is 4.90 Å². The van der Waals surface area contributed by atoms with Crippen LogP contribution >= 0.6 is 11.6 Å². The molecule has 2 aliphatic heterocycles. The van der Waals surface area contributed by atoms with E-state index in [9.17, 15) is 9.59 Å². The Balaban J connectivity index is 1.53. The molecule has 174 valence electrons. The van der Waals surface area contributed by atoms with E-state index in [0.29, 0.717) is 22.8 Å². The number of halogens is 1. The van der Waals surface area contributed by atoms with Crippen molar-refractivity contribution in [3.05, 3.63) is 70.4 Å². The van der Waals surface area contributed by atoms with Crippen molar-refractivity contribution in [3.63, 3.8) is 0 Å². The molecular weight excluding hydrogens is 444 g/mol. The monoisotopic (exact) mass is 470 g/mol. The Morgan fingerprint density at radius 2 is 1.85 bits per heavy atom. The lowest BCUT2D eigenvalue weighted by Crippen LogP contribution is -2.51. The summed E-state index contributed by atoms with van der Waals surface area (Å²) in [4.78, 5) is 29.7. The normalized spacial score (nSPS) is 19.1. The summed E-state index contributed by atoms with van der Waals surface area (Å²) in [6, 6.07) is 14.1. The van der Waals surface area contributed by atoms with Crippen LogP contribution in [0.1, 0.15) is 11.6 Å². The first-order valence-corrected chi connectivity index (χ1v) is 11.1. The molecule has 0 bridgehead atoms. The minimum absolute atomic E-state index is 0.363. The van der Waals surface area contributed by atoms with Gasteiger partial charge in [-0.15, -0.1) is 0 Å². The Morgan fingerprint density at radius 1 is 1.09 bits per heavy atom. The zero-order chi connectivity index (χ0) is 23.4. The van der Waals surface area contributed by atoms with E-state index in [1.807, 2.05) is 24.3 Å². The fourth-order valence-electron chi connectivity index (χ4n) is 4.22. The molecule has 2 aliphatic rings. The van der Waals surface area contributed by atoms with Crippen molar-refractivity contribution in [2.75, 3.05) is 51.8 Å². The van der Waals surface area contributed by atoms with Crippen molar-refractivity contribution in [2.24, 2.45) is 0 Å². The number of hydrogen-bond acceptors (Lipinski definition) is 6. The lowest BCUT2D eigenvalue weighted by molar-refractivity contribution is -0.136. The summed E-state index contributed by atoms with van der Waals surface area (Å²) in [5.41, 5.74) is 2.76. The molecular formula is C24H27ClN4O4. The lowest BCUT2D eigenvalue weighted by Gasteiger charge is -2.38. The third-order valence-electron chi connectivity index (χ3n) is 5.91. The summed E-state index contributed by atoms with van der Waals surface area (Å²) in [7, 11) is 3.00. The smallest absolute Gasteiger partial charge is 0.338 e. The van der Waals surface area contributed by atoms with Gasteiger partial charge in [-0.05, 0) is 29.8 Å². The van der Waals surface area contributed by atoms with E-state index in [1.54, 1.807) is 25.3 Å². The first-order chi connectivity index (χ1) is 16.0. The van der Waals surface area contributed by atoms with Gasteiger partial charge in [-0.25, -0.2) is 9.59 Å². The second-order valence-electron chi connectivity index (χ2n) is 7.93. The number of benzene rings is 2. The first kappa shape index (κ1) is 22.9. The van der Waals surface area contributed by atoms with Crippen LogP contribution in [0.3, 0.4) is 0 Å². The summed E-state index contributed by atoms with van der Waals surface area (Å²) in [6.07, 6.45) is 0. The number of anilines is 1. The number of urea groups is 1. The Labute approximate surface area is 198 Å². The van der Waals surface area contributed by atoms with Crippen LogP contribution in [-0.4, -0.2) is 63.8 Å². The second-order valence-corrected chi connectivity index (χ2v) is 8.37. The molecule has 0 spiro atoms. The maximum atomic E-state index is 12.7. The Hall–Kier alpha value is -3.23. The van der Waals surface area contributed by atoms with E-state index in [-0.39, 0.29) is 6.03 Å². The van der Waals surface area contributed by atoms with Gasteiger partial charge in [0, 0.05) is 55.2 Å². The molecule has 0 aromatic heterocycles. The van der Waals surface area contributed by atoms with Crippen LogP contribution in [0.15, 0.2) is 59.8 Å². The van der Waals surface area contributed by atoms with E-state index in [2.05, 4.69) is 26.5 Å². The van der Waals surface area contributed by atoms with E-state index in [1.165, 1.54) is 7.11 Å². The standard InChI is InChI=1S/C24H27ClN4O4/c1-32-19-8-4-7-18(14-19)29-11-9-28(10-12-29)15-20-21(23(30)33-2)22(27-24(31)26-20)16-5-3-6-17(25)13-16/h3-8,13-14,22H,9-12,15H2,1-2H3,(H2,26,27,31)/t22-/m1/s1. The van der Waals surface area contributed by atoms with Crippen molar-refractivity contribution in [1.82, 2.24) is 15.5 Å². The van der Waals surface area contributed by atoms with Crippen LogP contribution in [0.4, 0.5) is 10.5 Å². The summed E-state index contributed by atoms with van der Waals surface area (Å²) < 4.78 is 10.4. The third kappa shape index (κ3) is 5.23. The molecule has 1 atom stereocenters. The second kappa shape index (κ2) is 10.1. The van der Waals surface area contributed by atoms with Crippen molar-refractivity contribution in [3.8, 4) is 5.75 Å². The van der Waals surface area contributed by atoms with Gasteiger partial charge in [-0.1, -0.05) is 29.8 Å². The first-order valence-electron chi connectivity index (χ1n) is 10.7. The number of ether oxygens (including phenoxy) is 2. The van der Waals surface area contributed by atoms with Gasteiger partial charge in [0.25, 0.3) is 0 Å². The topological polar surface area (TPSA) is 83.1 Å². The summed E-state index contributed by atoms with van der Waals surface area (Å²) in [5.74, 6) is 0.338. The number of hydrogen-bond donors (Lipinski definition) is 2. The SMILES string of the molecule is COC(=O)C1=C(CN2CCN(c3cccc(OC)c3)CC2)NC(=O)N[C@@H]1c1cccc(Cl)c1. The number of amides is 2. The molecule has 2 heterocycles. The molecule has 8 nitrogen and oxygen atoms in total. The predicted octanol–water partition coefficient (Wildman–Crippen LogP) is 2.95. The van der Waals surface area contributed by atoms with Crippen molar-refractivity contribution in [2.45, 2.75) is 6.04 Å². The fraction of sp³-hybridized carbons (Fsp3) is 0.333. The highest BCUT2D eigenvalue weighted by molar-refractivity contribution is 6.30. The molecule has 0 saturated carbocycles. The molecule has 4 rings (SSSR count). The lowest BCUT2D eigenvalue weighted by atomic mass is 9.95. The van der Waals surface area contributed by atoms with Crippen LogP contribution in [-0.2, 0) is 9.53 Å². The molecule has 0 aliphatic carbocycles. The van der Waals surface area contributed by atoms with Gasteiger partial charge in [0.15, 0.2) is 0 Å². The number of esters is 1. The van der Waals surface area contributed by atoms with Gasteiger partial charge in [0.1, 0.15) is 5.75 Å². The van der Waals surface area contributed by atoms with Crippen LogP contribution in [0.2, 0.25) is 5.02 Å². The van der Waals surface area contributed by atoms with Crippen LogP contribution < -0.4 is 20.3 Å². The quantitative estimate of drug-likeness (QED) is 0.632. The Kier molecular flexibility index (Phi) is 7.05. The molecule has 0 radical (unpaired) electrons. The van der Waals surface area contributed by atoms with Crippen molar-refractivity contribution in [1.29, 1.82) is 0 Å². The number of nitrogens with one attached hydrogen (secondary N) is 2. The van der Waals surface area contributed by atoms with Gasteiger partial charge < -0.3 is 25.0 Å². The summed E-state index contributed by atoms with van der Waals surface area (Å²) in [6.45, 7) is 3.62. The highest BCUT2D eigenvalue weighted by Gasteiger charge is 2.34. The maximum Gasteiger partial charge on any atom is 0.338 e. The maximum absolute atomic E-state index is 12.7. The molecule has 2 amide bonds. The zero-order valence-corrected chi connectivity index (χ0v) is 19.4.